The zero-order valence-corrected chi connectivity index (χ0v) is 7.01. The van der Waals surface area contributed by atoms with Crippen molar-refractivity contribution in [2.45, 2.75) is 13.8 Å². The highest BCUT2D eigenvalue weighted by Gasteiger charge is 1.47. The first kappa shape index (κ1) is 16.0. The van der Waals surface area contributed by atoms with Gasteiger partial charge in [0.05, 0.1) is 0 Å². The van der Waals surface area contributed by atoms with E-state index in [-0.39, 0.29) is 0 Å². The second-order valence-electron chi connectivity index (χ2n) is 0.716. The van der Waals surface area contributed by atoms with Gasteiger partial charge in [0.2, 0.25) is 0 Å². The standard InChI is InChI=1S/C5H7N.C2H6.C2H4/c1-3-5-6-4-2;2*1-2/h3-5H,1-2H2;1-2H3;1-2H2. The molecule has 0 N–H and O–H groups in total. The maximum absolute atomic E-state index is 3.61. The summed E-state index contributed by atoms with van der Waals surface area (Å²) in [6.07, 6.45) is 4.64. The van der Waals surface area contributed by atoms with Crippen LogP contribution in [0.25, 0.3) is 0 Å². The summed E-state index contributed by atoms with van der Waals surface area (Å²) in [5, 5.41) is 0. The molecule has 0 aliphatic rings. The Morgan fingerprint density at radius 2 is 1.50 bits per heavy atom. The lowest BCUT2D eigenvalue weighted by Gasteiger charge is -1.62. The SMILES string of the molecule is C=C.C=CC=NC=C.CC. The van der Waals surface area contributed by atoms with Crippen molar-refractivity contribution in [3.05, 3.63) is 38.6 Å². The largest absolute Gasteiger partial charge is 0.265 e. The molecule has 0 aromatic rings. The summed E-state index contributed by atoms with van der Waals surface area (Å²) in [4.78, 5) is 3.61. The first-order valence-electron chi connectivity index (χ1n) is 3.17. The lowest BCUT2D eigenvalue weighted by molar-refractivity contribution is 1.50. The third-order valence-corrected chi connectivity index (χ3v) is 0.297. The summed E-state index contributed by atoms with van der Waals surface area (Å²) < 4.78 is 0. The Morgan fingerprint density at radius 1 is 1.10 bits per heavy atom. The number of allylic oxidation sites excluding steroid dienone is 1. The van der Waals surface area contributed by atoms with Crippen molar-refractivity contribution in [3.63, 3.8) is 0 Å². The van der Waals surface area contributed by atoms with Gasteiger partial charge in [-0.3, -0.25) is 4.99 Å². The molecule has 0 aliphatic heterocycles. The molecule has 0 unspecified atom stereocenters. The topological polar surface area (TPSA) is 12.4 Å². The van der Waals surface area contributed by atoms with Crippen molar-refractivity contribution >= 4 is 6.21 Å². The molecule has 0 aromatic heterocycles. The van der Waals surface area contributed by atoms with Crippen molar-refractivity contribution in [2.75, 3.05) is 0 Å². The molecule has 0 amide bonds. The summed E-state index contributed by atoms with van der Waals surface area (Å²) in [5.74, 6) is 0. The zero-order valence-electron chi connectivity index (χ0n) is 7.01. The van der Waals surface area contributed by atoms with Gasteiger partial charge in [-0.2, -0.15) is 0 Å². The van der Waals surface area contributed by atoms with Gasteiger partial charge in [-0.05, 0) is 0 Å². The Bertz CT molecular complexity index is 72.7. The highest BCUT2D eigenvalue weighted by atomic mass is 14.6. The third kappa shape index (κ3) is 66.9. The number of aliphatic imine (C=N–C) groups is 1. The van der Waals surface area contributed by atoms with Gasteiger partial charge < -0.3 is 0 Å². The highest BCUT2D eigenvalue weighted by Crippen LogP contribution is 1.61. The van der Waals surface area contributed by atoms with E-state index in [4.69, 9.17) is 0 Å². The maximum atomic E-state index is 3.61. The average Bonchev–Trinajstić information content (AvgIpc) is 2.08. The van der Waals surface area contributed by atoms with Crippen LogP contribution in [0.4, 0.5) is 0 Å². The molecule has 0 aromatic carbocycles. The molecular weight excluding hydrogens is 122 g/mol. The smallest absolute Gasteiger partial charge is 0.0261 e. The van der Waals surface area contributed by atoms with Gasteiger partial charge in [-0.15, -0.1) is 13.2 Å². The van der Waals surface area contributed by atoms with Crippen LogP contribution in [0, 0.1) is 0 Å². The van der Waals surface area contributed by atoms with E-state index in [2.05, 4.69) is 31.3 Å². The Kier molecular flexibility index (Phi) is 71.5. The van der Waals surface area contributed by atoms with Crippen molar-refractivity contribution in [2.24, 2.45) is 4.99 Å². The van der Waals surface area contributed by atoms with Gasteiger partial charge in [-0.1, -0.05) is 33.1 Å². The van der Waals surface area contributed by atoms with E-state index in [9.17, 15) is 0 Å². The molecule has 0 atom stereocenters. The van der Waals surface area contributed by atoms with E-state index < -0.39 is 0 Å². The summed E-state index contributed by atoms with van der Waals surface area (Å²) in [6.45, 7) is 16.8. The zero-order chi connectivity index (χ0) is 8.83. The Balaban J connectivity index is -0.000000105. The fourth-order valence-corrected chi connectivity index (χ4v) is 0.122. The van der Waals surface area contributed by atoms with Crippen LogP contribution in [-0.2, 0) is 0 Å². The molecule has 0 rings (SSSR count). The molecule has 0 spiro atoms. The predicted molar refractivity (Wildman–Crippen MR) is 51.5 cm³/mol. The second-order valence-corrected chi connectivity index (χ2v) is 0.716. The minimum absolute atomic E-state index is 1.46. The Morgan fingerprint density at radius 3 is 1.60 bits per heavy atom. The van der Waals surface area contributed by atoms with Crippen molar-refractivity contribution in [1.29, 1.82) is 0 Å². The first-order valence-corrected chi connectivity index (χ1v) is 3.17. The lowest BCUT2D eigenvalue weighted by atomic mass is 10.7. The first-order chi connectivity index (χ1) is 4.91. The van der Waals surface area contributed by atoms with Gasteiger partial charge >= 0.3 is 0 Å². The van der Waals surface area contributed by atoms with Crippen molar-refractivity contribution in [1.82, 2.24) is 0 Å². The van der Waals surface area contributed by atoms with Crippen LogP contribution < -0.4 is 0 Å². The fourth-order valence-electron chi connectivity index (χ4n) is 0.122. The predicted octanol–water partition coefficient (Wildman–Crippen LogP) is 3.22. The van der Waals surface area contributed by atoms with E-state index in [1.807, 2.05) is 13.8 Å². The lowest BCUT2D eigenvalue weighted by Crippen LogP contribution is -1.52. The number of nitrogens with zero attached hydrogens (tertiary/aromatic N) is 1. The minimum Gasteiger partial charge on any atom is -0.265 e. The van der Waals surface area contributed by atoms with Crippen LogP contribution >= 0.6 is 0 Å². The molecule has 0 aliphatic carbocycles. The molecule has 58 valence electrons. The summed E-state index contributed by atoms with van der Waals surface area (Å²) >= 11 is 0. The van der Waals surface area contributed by atoms with Gasteiger partial charge in [0.15, 0.2) is 0 Å². The summed E-state index contributed by atoms with van der Waals surface area (Å²) in [6, 6.07) is 0. The molecule has 0 saturated heterocycles. The molecule has 0 bridgehead atoms. The summed E-state index contributed by atoms with van der Waals surface area (Å²) in [5.41, 5.74) is 0. The van der Waals surface area contributed by atoms with Crippen LogP contribution in [0.15, 0.2) is 43.6 Å². The molecule has 0 fully saturated rings. The molecule has 10 heavy (non-hydrogen) atoms. The molecule has 0 saturated carbocycles. The monoisotopic (exact) mass is 139 g/mol. The number of rotatable bonds is 2. The minimum atomic E-state index is 1.46. The van der Waals surface area contributed by atoms with Gasteiger partial charge in [-0.25, -0.2) is 0 Å². The van der Waals surface area contributed by atoms with Crippen molar-refractivity contribution in [3.8, 4) is 0 Å². The van der Waals surface area contributed by atoms with Crippen LogP contribution in [-0.4, -0.2) is 6.21 Å². The molecule has 1 nitrogen and oxygen atoms in total. The second kappa shape index (κ2) is 44.8. The Labute approximate surface area is 64.5 Å². The number of hydrogen-bond donors (Lipinski definition) is 0. The van der Waals surface area contributed by atoms with Gasteiger partial charge in [0, 0.05) is 12.4 Å². The van der Waals surface area contributed by atoms with E-state index in [1.165, 1.54) is 6.20 Å². The molecule has 0 heterocycles. The van der Waals surface area contributed by atoms with E-state index >= 15 is 0 Å². The highest BCUT2D eigenvalue weighted by molar-refractivity contribution is 5.70. The fraction of sp³-hybridized carbons (Fsp3) is 0.222. The van der Waals surface area contributed by atoms with Crippen LogP contribution in [0.1, 0.15) is 13.8 Å². The third-order valence-electron chi connectivity index (χ3n) is 0.297. The molecule has 1 heteroatoms. The molecular formula is C9H17N. The normalized spacial score (nSPS) is 6.20. The average molecular weight is 139 g/mol. The van der Waals surface area contributed by atoms with E-state index in [0.717, 1.165) is 0 Å². The van der Waals surface area contributed by atoms with Crippen LogP contribution in [0.5, 0.6) is 0 Å². The van der Waals surface area contributed by atoms with Gasteiger partial charge in [0.25, 0.3) is 0 Å². The van der Waals surface area contributed by atoms with Crippen LogP contribution in [0.2, 0.25) is 0 Å². The van der Waals surface area contributed by atoms with E-state index in [1.54, 1.807) is 12.3 Å². The summed E-state index contributed by atoms with van der Waals surface area (Å²) in [7, 11) is 0. The number of hydrogen-bond acceptors (Lipinski definition) is 1. The molecule has 0 radical (unpaired) electrons. The Hall–Kier alpha value is -1.11. The van der Waals surface area contributed by atoms with E-state index in [0.29, 0.717) is 0 Å². The van der Waals surface area contributed by atoms with Crippen molar-refractivity contribution < 1.29 is 0 Å². The quantitative estimate of drug-likeness (QED) is 0.411. The maximum Gasteiger partial charge on any atom is 0.0261 e. The van der Waals surface area contributed by atoms with Gasteiger partial charge in [0.1, 0.15) is 0 Å². The van der Waals surface area contributed by atoms with Crippen LogP contribution in [0.3, 0.4) is 0 Å².